The first-order chi connectivity index (χ1) is 9.34. The van der Waals surface area contributed by atoms with Crippen LogP contribution in [0.3, 0.4) is 0 Å². The van der Waals surface area contributed by atoms with Crippen LogP contribution in [0.4, 0.5) is 0 Å². The molecule has 0 spiro atoms. The molecule has 0 aromatic carbocycles. The van der Waals surface area contributed by atoms with Gasteiger partial charge in [0.2, 0.25) is 5.69 Å². The number of aryl methyl sites for hydroxylation is 1. The van der Waals surface area contributed by atoms with E-state index in [4.69, 9.17) is 0 Å². The fourth-order valence-electron chi connectivity index (χ4n) is 1.92. The second kappa shape index (κ2) is 6.81. The van der Waals surface area contributed by atoms with E-state index in [0.717, 1.165) is 17.0 Å². The van der Waals surface area contributed by atoms with E-state index in [1.54, 1.807) is 11.3 Å². The predicted octanol–water partition coefficient (Wildman–Crippen LogP) is 0.137. The molecule has 0 amide bonds. The van der Waals surface area contributed by atoms with Gasteiger partial charge in [-0.25, -0.2) is 4.57 Å². The Hall–Kier alpha value is -1.47. The number of hydrogen-bond donors (Lipinski definition) is 1. The molecule has 0 saturated carbocycles. The van der Waals surface area contributed by atoms with Gasteiger partial charge < -0.3 is 24.0 Å². The van der Waals surface area contributed by atoms with E-state index in [-0.39, 0.29) is 24.0 Å². The Labute approximate surface area is 139 Å². The largest absolute Gasteiger partial charge is 1.00 e. The van der Waals surface area contributed by atoms with Gasteiger partial charge in [-0.1, -0.05) is 6.07 Å². The number of nitrogens with zero attached hydrogens (tertiary/aromatic N) is 2. The molecule has 0 aliphatic heterocycles. The smallest absolute Gasteiger partial charge is 0.204 e. The van der Waals surface area contributed by atoms with Crippen molar-refractivity contribution in [3.8, 4) is 10.6 Å². The number of hydrogen-bond acceptors (Lipinski definition) is 2. The number of aromatic amines is 1. The van der Waals surface area contributed by atoms with Crippen LogP contribution in [0.1, 0.15) is 11.3 Å². The summed E-state index contributed by atoms with van der Waals surface area (Å²) in [6.07, 6.45) is 8.08. The number of nitrogens with one attached hydrogen (secondary N) is 1. The molecule has 1 N–H and O–H groups in total. The second-order valence-electron chi connectivity index (χ2n) is 4.25. The van der Waals surface area contributed by atoms with E-state index >= 15 is 0 Å². The van der Waals surface area contributed by atoms with Crippen molar-refractivity contribution in [1.29, 1.82) is 0 Å². The molecule has 3 rings (SSSR count). The molecule has 0 saturated heterocycles. The fraction of sp³-hybridized carbons (Fsp3) is 0.0667. The molecular weight excluding hydrogens is 381 g/mol. The lowest BCUT2D eigenvalue weighted by Gasteiger charge is -1.95. The van der Waals surface area contributed by atoms with Crippen molar-refractivity contribution in [3.05, 3.63) is 59.4 Å². The molecule has 3 aromatic heterocycles. The molecule has 3 aromatic rings. The summed E-state index contributed by atoms with van der Waals surface area (Å²) >= 11 is 1.71. The Kier molecular flexibility index (Phi) is 5.08. The molecule has 0 atom stereocenters. The minimum atomic E-state index is 0. The third-order valence-electron chi connectivity index (χ3n) is 2.96. The molecule has 3 nitrogen and oxygen atoms in total. The minimum absolute atomic E-state index is 0. The van der Waals surface area contributed by atoms with Crippen LogP contribution >= 0.6 is 11.3 Å². The summed E-state index contributed by atoms with van der Waals surface area (Å²) in [4.78, 5) is 1.20. The van der Waals surface area contributed by atoms with Crippen molar-refractivity contribution in [2.75, 3.05) is 0 Å². The third kappa shape index (κ3) is 3.16. The summed E-state index contributed by atoms with van der Waals surface area (Å²) in [5.41, 5.74) is 3.33. The maximum absolute atomic E-state index is 4.14. The molecule has 0 unspecified atom stereocenters. The molecular formula is C15H14IN3S. The summed E-state index contributed by atoms with van der Waals surface area (Å²) < 4.78 is 2.08. The van der Waals surface area contributed by atoms with Gasteiger partial charge in [-0.05, 0) is 23.6 Å². The van der Waals surface area contributed by atoms with Crippen LogP contribution < -0.4 is 28.5 Å². The third-order valence-corrected chi connectivity index (χ3v) is 3.85. The summed E-state index contributed by atoms with van der Waals surface area (Å²) in [5.74, 6) is 0. The van der Waals surface area contributed by atoms with Crippen molar-refractivity contribution in [3.63, 3.8) is 0 Å². The molecule has 0 fully saturated rings. The lowest BCUT2D eigenvalue weighted by Crippen LogP contribution is -3.00. The standard InChI is InChI=1S/C15H13N3S.HI/c1-18-9-3-2-5-13(18)8-7-12-11-16-17-15(12)14-6-4-10-19-14;/h2-11H,1H3;1H. The highest BCUT2D eigenvalue weighted by Gasteiger charge is 2.06. The number of H-pyrrole nitrogens is 1. The van der Waals surface area contributed by atoms with Crippen LogP contribution in [0.2, 0.25) is 0 Å². The Morgan fingerprint density at radius 3 is 2.85 bits per heavy atom. The van der Waals surface area contributed by atoms with Gasteiger partial charge in [-0.2, -0.15) is 5.10 Å². The zero-order chi connectivity index (χ0) is 13.1. The van der Waals surface area contributed by atoms with E-state index in [9.17, 15) is 0 Å². The molecule has 20 heavy (non-hydrogen) atoms. The van der Waals surface area contributed by atoms with Gasteiger partial charge in [0.25, 0.3) is 0 Å². The van der Waals surface area contributed by atoms with E-state index in [2.05, 4.69) is 44.4 Å². The molecule has 5 heteroatoms. The zero-order valence-electron chi connectivity index (χ0n) is 11.0. The van der Waals surface area contributed by atoms with Crippen LogP contribution in [0.25, 0.3) is 22.7 Å². The maximum atomic E-state index is 4.14. The van der Waals surface area contributed by atoms with Gasteiger partial charge in [0.05, 0.1) is 16.8 Å². The number of thiophene rings is 1. The Bertz CT molecular complexity index is 701. The SMILES string of the molecule is C[n+]1ccccc1/C=C/c1cn[nH]c1-c1cccs1.[I-]. The van der Waals surface area contributed by atoms with Gasteiger partial charge in [-0.15, -0.1) is 11.3 Å². The maximum Gasteiger partial charge on any atom is 0.204 e. The first-order valence-corrected chi connectivity index (χ1v) is 6.92. The molecule has 0 aliphatic carbocycles. The average Bonchev–Trinajstić information content (AvgIpc) is 3.08. The molecule has 0 radical (unpaired) electrons. The fourth-order valence-corrected chi connectivity index (χ4v) is 2.67. The summed E-state index contributed by atoms with van der Waals surface area (Å²) in [7, 11) is 2.04. The van der Waals surface area contributed by atoms with Gasteiger partial charge in [0, 0.05) is 23.8 Å². The second-order valence-corrected chi connectivity index (χ2v) is 5.20. The van der Waals surface area contributed by atoms with E-state index < -0.39 is 0 Å². The van der Waals surface area contributed by atoms with Crippen molar-refractivity contribution in [2.45, 2.75) is 0 Å². The summed E-state index contributed by atoms with van der Waals surface area (Å²) in [5, 5.41) is 9.27. The number of rotatable bonds is 3. The highest BCUT2D eigenvalue weighted by atomic mass is 127. The number of aromatic nitrogens is 3. The number of pyridine rings is 1. The van der Waals surface area contributed by atoms with E-state index in [1.807, 2.05) is 37.6 Å². The average molecular weight is 395 g/mol. The van der Waals surface area contributed by atoms with Crippen LogP contribution in [0.15, 0.2) is 48.1 Å². The van der Waals surface area contributed by atoms with E-state index in [0.29, 0.717) is 0 Å². The molecule has 102 valence electrons. The van der Waals surface area contributed by atoms with Gasteiger partial charge in [0.15, 0.2) is 6.20 Å². The number of halogens is 1. The van der Waals surface area contributed by atoms with Crippen LogP contribution in [0, 0.1) is 0 Å². The Morgan fingerprint density at radius 2 is 2.10 bits per heavy atom. The molecule has 0 bridgehead atoms. The van der Waals surface area contributed by atoms with Crippen LogP contribution in [0.5, 0.6) is 0 Å². The van der Waals surface area contributed by atoms with Gasteiger partial charge in [0.1, 0.15) is 7.05 Å². The molecule has 3 heterocycles. The van der Waals surface area contributed by atoms with Crippen molar-refractivity contribution in [1.82, 2.24) is 10.2 Å². The first-order valence-electron chi connectivity index (χ1n) is 6.04. The Morgan fingerprint density at radius 1 is 1.20 bits per heavy atom. The lowest BCUT2D eigenvalue weighted by atomic mass is 10.2. The van der Waals surface area contributed by atoms with Crippen LogP contribution in [-0.4, -0.2) is 10.2 Å². The predicted molar refractivity (Wildman–Crippen MR) is 78.4 cm³/mol. The van der Waals surface area contributed by atoms with Gasteiger partial charge >= 0.3 is 0 Å². The molecule has 0 aliphatic rings. The van der Waals surface area contributed by atoms with E-state index in [1.165, 1.54) is 4.88 Å². The van der Waals surface area contributed by atoms with Crippen molar-refractivity contribution >= 4 is 23.5 Å². The topological polar surface area (TPSA) is 32.6 Å². The monoisotopic (exact) mass is 395 g/mol. The van der Waals surface area contributed by atoms with Crippen molar-refractivity contribution < 1.29 is 28.5 Å². The summed E-state index contributed by atoms with van der Waals surface area (Å²) in [6.45, 7) is 0. The highest BCUT2D eigenvalue weighted by molar-refractivity contribution is 7.13. The minimum Gasteiger partial charge on any atom is -1.00 e. The lowest BCUT2D eigenvalue weighted by molar-refractivity contribution is -0.673. The van der Waals surface area contributed by atoms with Crippen molar-refractivity contribution in [2.24, 2.45) is 7.05 Å². The summed E-state index contributed by atoms with van der Waals surface area (Å²) in [6, 6.07) is 10.3. The van der Waals surface area contributed by atoms with Gasteiger partial charge in [-0.3, -0.25) is 5.10 Å². The zero-order valence-corrected chi connectivity index (χ0v) is 13.9. The first kappa shape index (κ1) is 14.9. The highest BCUT2D eigenvalue weighted by Crippen LogP contribution is 2.26. The van der Waals surface area contributed by atoms with Crippen LogP contribution in [-0.2, 0) is 7.05 Å². The Balaban J connectivity index is 0.00000147. The quantitative estimate of drug-likeness (QED) is 0.497. The normalized spacial score (nSPS) is 10.7.